The van der Waals surface area contributed by atoms with Gasteiger partial charge < -0.3 is 9.47 Å². The van der Waals surface area contributed by atoms with E-state index in [4.69, 9.17) is 9.47 Å². The minimum atomic E-state index is -0.857. The maximum atomic E-state index is 12.8. The Labute approximate surface area is 172 Å². The van der Waals surface area contributed by atoms with Crippen LogP contribution in [-0.2, 0) is 23.9 Å². The SMILES string of the molecule is COC(=O)C[C@H]1c2ccccc2[C@H]2C(=C[C@@H](C)[C@H]3C(=O)N(O)C(=O)[C@H]32)N1C(=O)OC. The zero-order valence-electron chi connectivity index (χ0n) is 16.8. The van der Waals surface area contributed by atoms with Gasteiger partial charge in [-0.15, -0.1) is 0 Å². The summed E-state index contributed by atoms with van der Waals surface area (Å²) in [7, 11) is 2.51. The molecule has 5 atom stereocenters. The Hall–Kier alpha value is -3.20. The van der Waals surface area contributed by atoms with E-state index in [1.165, 1.54) is 19.1 Å². The predicted molar refractivity (Wildman–Crippen MR) is 101 cm³/mol. The van der Waals surface area contributed by atoms with Gasteiger partial charge >= 0.3 is 12.1 Å². The number of hydroxylamine groups is 2. The number of rotatable bonds is 2. The fraction of sp³-hybridized carbons (Fsp3) is 0.429. The third kappa shape index (κ3) is 2.72. The summed E-state index contributed by atoms with van der Waals surface area (Å²) in [6.45, 7) is 1.76. The molecule has 1 aliphatic carbocycles. The van der Waals surface area contributed by atoms with E-state index >= 15 is 0 Å². The van der Waals surface area contributed by atoms with Gasteiger partial charge in [0.25, 0.3) is 11.8 Å². The molecule has 0 saturated carbocycles. The standard InChI is InChI=1S/C21H22N2O7/c1-10-8-14-17(18-16(10)19(25)23(28)20(18)26)12-7-5-4-6-11(12)13(9-15(24)29-2)22(14)21(27)30-3/h4-8,10,13,16-18,28H,9H2,1-3H3/t10-,13+,16-,17+,18-/m1/s1. The molecule has 9 heteroatoms. The first kappa shape index (κ1) is 20.1. The van der Waals surface area contributed by atoms with Gasteiger partial charge in [0.1, 0.15) is 0 Å². The van der Waals surface area contributed by atoms with E-state index in [2.05, 4.69) is 0 Å². The van der Waals surface area contributed by atoms with Gasteiger partial charge in [0.15, 0.2) is 0 Å². The van der Waals surface area contributed by atoms with E-state index in [1.807, 2.05) is 6.07 Å². The van der Waals surface area contributed by atoms with E-state index in [0.29, 0.717) is 11.3 Å². The Morgan fingerprint density at radius 3 is 2.30 bits per heavy atom. The predicted octanol–water partition coefficient (Wildman–Crippen LogP) is 1.98. The number of carbonyl (C=O) groups excluding carboxylic acids is 4. The van der Waals surface area contributed by atoms with E-state index < -0.39 is 53.6 Å². The molecular weight excluding hydrogens is 392 g/mol. The van der Waals surface area contributed by atoms with Gasteiger partial charge in [-0.3, -0.25) is 24.5 Å². The van der Waals surface area contributed by atoms with Crippen LogP contribution in [0.3, 0.4) is 0 Å². The number of methoxy groups -OCH3 is 2. The molecule has 3 amide bonds. The van der Waals surface area contributed by atoms with Gasteiger partial charge in [-0.1, -0.05) is 37.3 Å². The molecule has 30 heavy (non-hydrogen) atoms. The first-order chi connectivity index (χ1) is 14.3. The monoisotopic (exact) mass is 414 g/mol. The lowest BCUT2D eigenvalue weighted by atomic mass is 9.65. The van der Waals surface area contributed by atoms with Crippen LogP contribution in [0.2, 0.25) is 0 Å². The summed E-state index contributed by atoms with van der Waals surface area (Å²) in [6, 6.07) is 6.48. The summed E-state index contributed by atoms with van der Waals surface area (Å²) in [4.78, 5) is 51.7. The number of esters is 1. The van der Waals surface area contributed by atoms with Crippen molar-refractivity contribution in [2.75, 3.05) is 14.2 Å². The van der Waals surface area contributed by atoms with Crippen LogP contribution in [0.4, 0.5) is 4.79 Å². The molecule has 3 aliphatic rings. The van der Waals surface area contributed by atoms with Crippen LogP contribution in [0.1, 0.15) is 36.4 Å². The zero-order valence-corrected chi connectivity index (χ0v) is 16.8. The number of hydrogen-bond acceptors (Lipinski definition) is 7. The second kappa shape index (κ2) is 7.24. The van der Waals surface area contributed by atoms with Gasteiger partial charge in [-0.05, 0) is 17.0 Å². The van der Waals surface area contributed by atoms with Crippen molar-refractivity contribution in [2.24, 2.45) is 17.8 Å². The van der Waals surface area contributed by atoms with E-state index in [0.717, 1.165) is 5.56 Å². The number of allylic oxidation sites excluding steroid dienone is 2. The number of ether oxygens (including phenoxy) is 2. The molecule has 1 saturated heterocycles. The highest BCUT2D eigenvalue weighted by atomic mass is 16.5. The summed E-state index contributed by atoms with van der Waals surface area (Å²) in [5.74, 6) is -4.48. The quantitative estimate of drug-likeness (QED) is 0.447. The molecule has 4 rings (SSSR count). The topological polar surface area (TPSA) is 113 Å². The van der Waals surface area contributed by atoms with Crippen molar-refractivity contribution >= 4 is 23.9 Å². The molecule has 0 aromatic heterocycles. The van der Waals surface area contributed by atoms with Crippen LogP contribution in [-0.4, -0.2) is 53.3 Å². The molecule has 1 fully saturated rings. The molecule has 1 aromatic carbocycles. The number of carbonyl (C=O) groups is 4. The third-order valence-electron chi connectivity index (χ3n) is 6.29. The number of benzene rings is 1. The Bertz CT molecular complexity index is 972. The number of fused-ring (bicyclic) bond motifs is 5. The van der Waals surface area contributed by atoms with Crippen molar-refractivity contribution in [3.05, 3.63) is 47.2 Å². The highest BCUT2D eigenvalue weighted by molar-refractivity contribution is 6.05. The number of amides is 3. The molecule has 2 heterocycles. The summed E-state index contributed by atoms with van der Waals surface area (Å²) in [5.41, 5.74) is 1.89. The van der Waals surface area contributed by atoms with Crippen LogP contribution in [0.25, 0.3) is 0 Å². The summed E-state index contributed by atoms with van der Waals surface area (Å²) in [5, 5.41) is 10.2. The third-order valence-corrected chi connectivity index (χ3v) is 6.29. The van der Waals surface area contributed by atoms with Crippen LogP contribution >= 0.6 is 0 Å². The van der Waals surface area contributed by atoms with Gasteiger partial charge in [-0.2, -0.15) is 5.06 Å². The minimum Gasteiger partial charge on any atom is -0.469 e. The van der Waals surface area contributed by atoms with Crippen LogP contribution in [0.15, 0.2) is 36.0 Å². The molecular formula is C21H22N2O7. The molecule has 158 valence electrons. The fourth-order valence-electron chi connectivity index (χ4n) is 5.03. The molecule has 0 spiro atoms. The first-order valence-electron chi connectivity index (χ1n) is 9.63. The van der Waals surface area contributed by atoms with Crippen LogP contribution < -0.4 is 0 Å². The fourth-order valence-corrected chi connectivity index (χ4v) is 5.03. The van der Waals surface area contributed by atoms with Crippen molar-refractivity contribution in [2.45, 2.75) is 25.3 Å². The van der Waals surface area contributed by atoms with Crippen molar-refractivity contribution < 1.29 is 33.9 Å². The Balaban J connectivity index is 1.95. The second-order valence-electron chi connectivity index (χ2n) is 7.73. The first-order valence-corrected chi connectivity index (χ1v) is 9.63. The molecule has 0 unspecified atom stereocenters. The smallest absolute Gasteiger partial charge is 0.414 e. The van der Waals surface area contributed by atoms with Crippen LogP contribution in [0, 0.1) is 17.8 Å². The maximum absolute atomic E-state index is 12.8. The lowest BCUT2D eigenvalue weighted by Crippen LogP contribution is -2.47. The highest BCUT2D eigenvalue weighted by Crippen LogP contribution is 2.55. The van der Waals surface area contributed by atoms with Gasteiger partial charge in [0.2, 0.25) is 0 Å². The molecule has 1 N–H and O–H groups in total. The van der Waals surface area contributed by atoms with E-state index in [-0.39, 0.29) is 11.5 Å². The number of hydrogen-bond donors (Lipinski definition) is 1. The molecule has 0 bridgehead atoms. The van der Waals surface area contributed by atoms with Crippen LogP contribution in [0.5, 0.6) is 0 Å². The van der Waals surface area contributed by atoms with Crippen molar-refractivity contribution in [3.63, 3.8) is 0 Å². The Morgan fingerprint density at radius 1 is 1.03 bits per heavy atom. The van der Waals surface area contributed by atoms with E-state index in [9.17, 15) is 24.4 Å². The summed E-state index contributed by atoms with van der Waals surface area (Å²) < 4.78 is 9.82. The lowest BCUT2D eigenvalue weighted by Gasteiger charge is -2.47. The normalized spacial score (nSPS) is 29.6. The number of imide groups is 1. The molecule has 9 nitrogen and oxygen atoms in total. The van der Waals surface area contributed by atoms with Crippen molar-refractivity contribution in [1.29, 1.82) is 0 Å². The van der Waals surface area contributed by atoms with Crippen molar-refractivity contribution in [1.82, 2.24) is 9.96 Å². The molecule has 1 aromatic rings. The van der Waals surface area contributed by atoms with Gasteiger partial charge in [0, 0.05) is 11.6 Å². The Morgan fingerprint density at radius 2 is 1.67 bits per heavy atom. The average Bonchev–Trinajstić information content (AvgIpc) is 2.98. The second-order valence-corrected chi connectivity index (χ2v) is 7.73. The van der Waals surface area contributed by atoms with Gasteiger partial charge in [0.05, 0.1) is 38.5 Å². The minimum absolute atomic E-state index is 0.103. The number of nitrogens with zero attached hydrogens (tertiary/aromatic N) is 2. The summed E-state index contributed by atoms with van der Waals surface area (Å²) >= 11 is 0. The summed E-state index contributed by atoms with van der Waals surface area (Å²) in [6.07, 6.45) is 0.972. The average molecular weight is 414 g/mol. The largest absolute Gasteiger partial charge is 0.469 e. The lowest BCUT2D eigenvalue weighted by molar-refractivity contribution is -0.173. The van der Waals surface area contributed by atoms with Crippen molar-refractivity contribution in [3.8, 4) is 0 Å². The molecule has 0 radical (unpaired) electrons. The maximum Gasteiger partial charge on any atom is 0.414 e. The van der Waals surface area contributed by atoms with Gasteiger partial charge in [-0.25, -0.2) is 4.79 Å². The zero-order chi connectivity index (χ0) is 21.7. The molecule has 2 aliphatic heterocycles. The Kier molecular flexibility index (Phi) is 4.85. The van der Waals surface area contributed by atoms with E-state index in [1.54, 1.807) is 31.2 Å². The highest BCUT2D eigenvalue weighted by Gasteiger charge is 2.59.